The number of anilines is 1. The van der Waals surface area contributed by atoms with Crippen molar-refractivity contribution in [2.75, 3.05) is 5.32 Å². The van der Waals surface area contributed by atoms with Crippen LogP contribution in [0.15, 0.2) is 24.3 Å². The fourth-order valence-electron chi connectivity index (χ4n) is 3.95. The zero-order valence-electron chi connectivity index (χ0n) is 13.5. The first-order valence-electron chi connectivity index (χ1n) is 8.75. The third-order valence-corrected chi connectivity index (χ3v) is 5.61. The average Bonchev–Trinajstić information content (AvgIpc) is 2.52. The smallest absolute Gasteiger partial charge is 0.121 e. The lowest BCUT2D eigenvalue weighted by Crippen LogP contribution is -2.50. The predicted octanol–water partition coefficient (Wildman–Crippen LogP) is 5.39. The average molecular weight is 287 g/mol. The van der Waals surface area contributed by atoms with Crippen molar-refractivity contribution in [1.29, 1.82) is 0 Å². The van der Waals surface area contributed by atoms with Crippen molar-refractivity contribution in [3.8, 4) is 5.75 Å². The second-order valence-corrected chi connectivity index (χ2v) is 7.02. The Bertz CT molecular complexity index is 464. The van der Waals surface area contributed by atoms with Gasteiger partial charge >= 0.3 is 0 Å². The molecule has 0 aromatic heterocycles. The molecule has 2 fully saturated rings. The second kappa shape index (κ2) is 6.29. The summed E-state index contributed by atoms with van der Waals surface area (Å²) in [6, 6.07) is 9.19. The van der Waals surface area contributed by atoms with Crippen LogP contribution in [0.3, 0.4) is 0 Å². The Hall–Kier alpha value is -1.18. The van der Waals surface area contributed by atoms with Crippen LogP contribution in [0.2, 0.25) is 0 Å². The van der Waals surface area contributed by atoms with Gasteiger partial charge in [0.25, 0.3) is 0 Å². The standard InChI is InChI=1S/C19H29NO/c1-3-15(2)21-17-9-7-8-16(14-17)20-18-10-13-19(18)11-5-4-6-12-19/h7-9,14-15,18,20H,3-6,10-13H2,1-2H3. The van der Waals surface area contributed by atoms with Crippen molar-refractivity contribution in [2.24, 2.45) is 5.41 Å². The number of ether oxygens (including phenoxy) is 1. The minimum absolute atomic E-state index is 0.286. The highest BCUT2D eigenvalue weighted by Crippen LogP contribution is 2.52. The molecule has 116 valence electrons. The lowest BCUT2D eigenvalue weighted by atomic mass is 9.57. The summed E-state index contributed by atoms with van der Waals surface area (Å²) in [5.41, 5.74) is 1.83. The number of benzene rings is 1. The van der Waals surface area contributed by atoms with Crippen LogP contribution in [0, 0.1) is 5.41 Å². The largest absolute Gasteiger partial charge is 0.491 e. The van der Waals surface area contributed by atoms with E-state index in [4.69, 9.17) is 4.74 Å². The van der Waals surface area contributed by atoms with Gasteiger partial charge in [-0.1, -0.05) is 32.3 Å². The van der Waals surface area contributed by atoms with Crippen molar-refractivity contribution in [2.45, 2.75) is 77.4 Å². The van der Waals surface area contributed by atoms with Crippen molar-refractivity contribution in [3.05, 3.63) is 24.3 Å². The highest BCUT2D eigenvalue weighted by Gasteiger charge is 2.46. The molecule has 1 N–H and O–H groups in total. The van der Waals surface area contributed by atoms with E-state index in [2.05, 4.69) is 43.4 Å². The van der Waals surface area contributed by atoms with Gasteiger partial charge in [-0.3, -0.25) is 0 Å². The third-order valence-electron chi connectivity index (χ3n) is 5.61. The molecule has 2 atom stereocenters. The van der Waals surface area contributed by atoms with E-state index < -0.39 is 0 Å². The lowest BCUT2D eigenvalue weighted by molar-refractivity contribution is 0.0571. The molecule has 1 aromatic rings. The minimum atomic E-state index is 0.286. The Morgan fingerprint density at radius 1 is 1.24 bits per heavy atom. The summed E-state index contributed by atoms with van der Waals surface area (Å²) >= 11 is 0. The number of hydrogen-bond donors (Lipinski definition) is 1. The van der Waals surface area contributed by atoms with Gasteiger partial charge < -0.3 is 10.1 Å². The summed E-state index contributed by atoms with van der Waals surface area (Å²) < 4.78 is 5.93. The molecule has 2 aliphatic carbocycles. The Balaban J connectivity index is 1.63. The molecule has 2 unspecified atom stereocenters. The van der Waals surface area contributed by atoms with Crippen LogP contribution in [0.25, 0.3) is 0 Å². The summed E-state index contributed by atoms with van der Waals surface area (Å²) in [6.45, 7) is 4.29. The zero-order valence-corrected chi connectivity index (χ0v) is 13.5. The maximum Gasteiger partial charge on any atom is 0.121 e. The van der Waals surface area contributed by atoms with Gasteiger partial charge in [-0.2, -0.15) is 0 Å². The minimum Gasteiger partial charge on any atom is -0.491 e. The number of nitrogens with one attached hydrogen (secondary N) is 1. The van der Waals surface area contributed by atoms with Crippen molar-refractivity contribution < 1.29 is 4.74 Å². The molecule has 0 bridgehead atoms. The third kappa shape index (κ3) is 3.20. The normalized spacial score (nSPS) is 25.1. The Morgan fingerprint density at radius 3 is 2.71 bits per heavy atom. The molecule has 0 saturated heterocycles. The molecule has 0 heterocycles. The molecular formula is C19H29NO. The van der Waals surface area contributed by atoms with Crippen LogP contribution in [0.1, 0.15) is 65.2 Å². The van der Waals surface area contributed by atoms with Crippen molar-refractivity contribution >= 4 is 5.69 Å². The summed E-state index contributed by atoms with van der Waals surface area (Å²) in [6.07, 6.45) is 11.2. The van der Waals surface area contributed by atoms with E-state index in [-0.39, 0.29) is 6.10 Å². The fraction of sp³-hybridized carbons (Fsp3) is 0.684. The monoisotopic (exact) mass is 287 g/mol. The molecule has 2 aliphatic rings. The van der Waals surface area contributed by atoms with E-state index in [0.717, 1.165) is 12.2 Å². The summed E-state index contributed by atoms with van der Waals surface area (Å²) in [5, 5.41) is 3.79. The first kappa shape index (κ1) is 14.7. The van der Waals surface area contributed by atoms with Gasteiger partial charge in [0.2, 0.25) is 0 Å². The van der Waals surface area contributed by atoms with Gasteiger partial charge in [-0.25, -0.2) is 0 Å². The summed E-state index contributed by atoms with van der Waals surface area (Å²) in [4.78, 5) is 0. The van der Waals surface area contributed by atoms with Crippen LogP contribution in [0.5, 0.6) is 5.75 Å². The van der Waals surface area contributed by atoms with Gasteiger partial charge in [-0.05, 0) is 56.6 Å². The molecule has 3 rings (SSSR count). The SMILES string of the molecule is CCC(C)Oc1cccc(NC2CCC23CCCCC3)c1. The van der Waals surface area contributed by atoms with E-state index in [9.17, 15) is 0 Å². The highest BCUT2D eigenvalue weighted by atomic mass is 16.5. The number of hydrogen-bond acceptors (Lipinski definition) is 2. The van der Waals surface area contributed by atoms with E-state index in [1.807, 2.05) is 0 Å². The predicted molar refractivity (Wildman–Crippen MR) is 89.0 cm³/mol. The van der Waals surface area contributed by atoms with Gasteiger partial charge in [0.1, 0.15) is 5.75 Å². The molecule has 2 nitrogen and oxygen atoms in total. The Morgan fingerprint density at radius 2 is 2.05 bits per heavy atom. The van der Waals surface area contributed by atoms with E-state index in [0.29, 0.717) is 11.5 Å². The lowest BCUT2D eigenvalue weighted by Gasteiger charge is -2.52. The molecule has 2 saturated carbocycles. The van der Waals surface area contributed by atoms with E-state index in [1.54, 1.807) is 0 Å². The van der Waals surface area contributed by atoms with Gasteiger partial charge in [-0.15, -0.1) is 0 Å². The molecule has 2 heteroatoms. The van der Waals surface area contributed by atoms with Crippen molar-refractivity contribution in [1.82, 2.24) is 0 Å². The molecule has 21 heavy (non-hydrogen) atoms. The van der Waals surface area contributed by atoms with Gasteiger partial charge in [0.15, 0.2) is 0 Å². The van der Waals surface area contributed by atoms with Gasteiger partial charge in [0.05, 0.1) is 6.10 Å². The van der Waals surface area contributed by atoms with Gasteiger partial charge in [0, 0.05) is 17.8 Å². The highest BCUT2D eigenvalue weighted by molar-refractivity contribution is 5.49. The maximum absolute atomic E-state index is 5.93. The molecule has 0 amide bonds. The summed E-state index contributed by atoms with van der Waals surface area (Å²) in [5.74, 6) is 0.992. The molecular weight excluding hydrogens is 258 g/mol. The van der Waals surface area contributed by atoms with Crippen molar-refractivity contribution in [3.63, 3.8) is 0 Å². The molecule has 0 aliphatic heterocycles. The first-order chi connectivity index (χ1) is 10.2. The quantitative estimate of drug-likeness (QED) is 0.784. The Labute approximate surface area is 129 Å². The second-order valence-electron chi connectivity index (χ2n) is 7.02. The van der Waals surface area contributed by atoms with Crippen LogP contribution in [-0.2, 0) is 0 Å². The first-order valence-corrected chi connectivity index (χ1v) is 8.75. The van der Waals surface area contributed by atoms with Crippen LogP contribution >= 0.6 is 0 Å². The zero-order chi connectivity index (χ0) is 14.7. The van der Waals surface area contributed by atoms with Crippen LogP contribution < -0.4 is 10.1 Å². The Kier molecular flexibility index (Phi) is 4.42. The summed E-state index contributed by atoms with van der Waals surface area (Å²) in [7, 11) is 0. The van der Waals surface area contributed by atoms with Crippen LogP contribution in [0.4, 0.5) is 5.69 Å². The fourth-order valence-corrected chi connectivity index (χ4v) is 3.95. The van der Waals surface area contributed by atoms with E-state index >= 15 is 0 Å². The van der Waals surface area contributed by atoms with E-state index in [1.165, 1.54) is 50.6 Å². The topological polar surface area (TPSA) is 21.3 Å². The number of rotatable bonds is 5. The van der Waals surface area contributed by atoms with Crippen LogP contribution in [-0.4, -0.2) is 12.1 Å². The molecule has 1 spiro atoms. The molecule has 0 radical (unpaired) electrons. The molecule has 1 aromatic carbocycles. The maximum atomic E-state index is 5.93.